The molecule has 0 amide bonds. The molecule has 1 fully saturated rings. The third-order valence-electron chi connectivity index (χ3n) is 5.87. The summed E-state index contributed by atoms with van der Waals surface area (Å²) in [6.07, 6.45) is 3.85. The van der Waals surface area contributed by atoms with E-state index >= 15 is 0 Å². The lowest BCUT2D eigenvalue weighted by atomic mass is 10.1. The van der Waals surface area contributed by atoms with Crippen LogP contribution in [0.4, 0.5) is 8.78 Å². The van der Waals surface area contributed by atoms with Gasteiger partial charge in [-0.3, -0.25) is 14.3 Å². The average Bonchev–Trinajstić information content (AvgIpc) is 2.81. The van der Waals surface area contributed by atoms with Gasteiger partial charge in [0.05, 0.1) is 6.54 Å². The number of likely N-dealkylation sites (tertiary alicyclic amines) is 1. The van der Waals surface area contributed by atoms with Gasteiger partial charge in [0.2, 0.25) is 5.88 Å². The molecule has 8 heteroatoms. The van der Waals surface area contributed by atoms with Crippen LogP contribution in [0.3, 0.4) is 0 Å². The molecule has 33 heavy (non-hydrogen) atoms. The molecule has 0 aliphatic carbocycles. The van der Waals surface area contributed by atoms with Gasteiger partial charge in [-0.1, -0.05) is 30.7 Å². The SMILES string of the molecule is Cc1nc(OCc2ccc(F)cc2F)c(Br)c(=O)n1Cc1ccc(CN2CCCCC2)cc1. The summed E-state index contributed by atoms with van der Waals surface area (Å²) >= 11 is 3.27. The maximum atomic E-state index is 13.9. The minimum atomic E-state index is -0.708. The van der Waals surface area contributed by atoms with Crippen molar-refractivity contribution in [2.24, 2.45) is 0 Å². The van der Waals surface area contributed by atoms with Crippen LogP contribution in [0.1, 0.15) is 41.8 Å². The van der Waals surface area contributed by atoms with Gasteiger partial charge in [0.1, 0.15) is 28.5 Å². The smallest absolute Gasteiger partial charge is 0.272 e. The quantitative estimate of drug-likeness (QED) is 0.431. The second-order valence-electron chi connectivity index (χ2n) is 8.35. The summed E-state index contributed by atoms with van der Waals surface area (Å²) in [4.78, 5) is 19.8. The minimum Gasteiger partial charge on any atom is -0.472 e. The van der Waals surface area contributed by atoms with Gasteiger partial charge in [-0.25, -0.2) is 8.78 Å². The van der Waals surface area contributed by atoms with Gasteiger partial charge in [0, 0.05) is 18.2 Å². The Morgan fingerprint density at radius 3 is 2.33 bits per heavy atom. The molecular formula is C25H26BrF2N3O2. The molecule has 0 spiro atoms. The van der Waals surface area contributed by atoms with E-state index in [4.69, 9.17) is 4.74 Å². The molecule has 3 aromatic rings. The topological polar surface area (TPSA) is 47.4 Å². The van der Waals surface area contributed by atoms with Crippen molar-refractivity contribution in [3.05, 3.63) is 91.4 Å². The highest BCUT2D eigenvalue weighted by Gasteiger charge is 2.16. The number of hydrogen-bond donors (Lipinski definition) is 0. The molecular weight excluding hydrogens is 492 g/mol. The first-order valence-corrected chi connectivity index (χ1v) is 11.8. The van der Waals surface area contributed by atoms with Gasteiger partial charge in [-0.2, -0.15) is 4.98 Å². The lowest BCUT2D eigenvalue weighted by Crippen LogP contribution is -2.29. The molecule has 0 bridgehead atoms. The molecule has 0 saturated carbocycles. The number of ether oxygens (including phenoxy) is 1. The average molecular weight is 518 g/mol. The fourth-order valence-electron chi connectivity index (χ4n) is 3.99. The molecule has 0 unspecified atom stereocenters. The maximum absolute atomic E-state index is 13.9. The summed E-state index contributed by atoms with van der Waals surface area (Å²) < 4.78 is 34.2. The largest absolute Gasteiger partial charge is 0.472 e. The highest BCUT2D eigenvalue weighted by Crippen LogP contribution is 2.21. The molecule has 2 aromatic carbocycles. The van der Waals surface area contributed by atoms with Gasteiger partial charge >= 0.3 is 0 Å². The van der Waals surface area contributed by atoms with Gasteiger partial charge < -0.3 is 4.74 Å². The van der Waals surface area contributed by atoms with Crippen LogP contribution in [0, 0.1) is 18.6 Å². The van der Waals surface area contributed by atoms with Crippen LogP contribution in [0.5, 0.6) is 5.88 Å². The van der Waals surface area contributed by atoms with E-state index in [-0.39, 0.29) is 28.1 Å². The van der Waals surface area contributed by atoms with Crippen LogP contribution < -0.4 is 10.3 Å². The van der Waals surface area contributed by atoms with Crippen LogP contribution in [-0.4, -0.2) is 27.5 Å². The summed E-state index contributed by atoms with van der Waals surface area (Å²) in [5, 5.41) is 0. The molecule has 0 N–H and O–H groups in total. The van der Waals surface area contributed by atoms with Crippen LogP contribution in [0.25, 0.3) is 0 Å². The zero-order valence-electron chi connectivity index (χ0n) is 18.5. The van der Waals surface area contributed by atoms with E-state index in [0.29, 0.717) is 12.4 Å². The van der Waals surface area contributed by atoms with E-state index in [9.17, 15) is 13.6 Å². The number of aryl methyl sites for hydroxylation is 1. The number of benzene rings is 2. The molecule has 1 aromatic heterocycles. The fraction of sp³-hybridized carbons (Fsp3) is 0.360. The molecule has 0 radical (unpaired) electrons. The predicted octanol–water partition coefficient (Wildman–Crippen LogP) is 5.21. The highest BCUT2D eigenvalue weighted by molar-refractivity contribution is 9.10. The molecule has 1 aliphatic heterocycles. The monoisotopic (exact) mass is 517 g/mol. The molecule has 0 atom stereocenters. The van der Waals surface area contributed by atoms with Crippen LogP contribution in [0.15, 0.2) is 51.7 Å². The number of aromatic nitrogens is 2. The third kappa shape index (κ3) is 5.86. The Balaban J connectivity index is 1.45. The van der Waals surface area contributed by atoms with E-state index < -0.39 is 11.6 Å². The zero-order valence-corrected chi connectivity index (χ0v) is 20.1. The Kier molecular flexibility index (Phi) is 7.55. The Morgan fingerprint density at radius 1 is 1.00 bits per heavy atom. The van der Waals surface area contributed by atoms with E-state index in [2.05, 4.69) is 37.9 Å². The molecule has 1 saturated heterocycles. The lowest BCUT2D eigenvalue weighted by molar-refractivity contribution is 0.221. The minimum absolute atomic E-state index is 0.0781. The molecule has 2 heterocycles. The second-order valence-corrected chi connectivity index (χ2v) is 9.14. The van der Waals surface area contributed by atoms with E-state index in [1.165, 1.54) is 30.9 Å². The van der Waals surface area contributed by atoms with E-state index in [1.807, 2.05) is 12.1 Å². The van der Waals surface area contributed by atoms with Crippen molar-refractivity contribution in [2.75, 3.05) is 13.1 Å². The first-order valence-electron chi connectivity index (χ1n) is 11.0. The van der Waals surface area contributed by atoms with Crippen molar-refractivity contribution in [2.45, 2.75) is 45.9 Å². The van der Waals surface area contributed by atoms with Gasteiger partial charge in [-0.05, 0) is 72.0 Å². The first kappa shape index (κ1) is 23.6. The summed E-state index contributed by atoms with van der Waals surface area (Å²) in [6, 6.07) is 11.6. The maximum Gasteiger partial charge on any atom is 0.272 e. The Morgan fingerprint density at radius 2 is 1.67 bits per heavy atom. The predicted molar refractivity (Wildman–Crippen MR) is 126 cm³/mol. The Hall–Kier alpha value is -2.58. The van der Waals surface area contributed by atoms with Crippen molar-refractivity contribution in [1.82, 2.24) is 14.5 Å². The second kappa shape index (κ2) is 10.6. The zero-order chi connectivity index (χ0) is 23.4. The van der Waals surface area contributed by atoms with Crippen LogP contribution >= 0.6 is 15.9 Å². The summed E-state index contributed by atoms with van der Waals surface area (Å²) in [5.41, 5.74) is 2.16. The number of piperidine rings is 1. The summed E-state index contributed by atoms with van der Waals surface area (Å²) in [6.45, 7) is 5.19. The van der Waals surface area contributed by atoms with Crippen molar-refractivity contribution in [1.29, 1.82) is 0 Å². The van der Waals surface area contributed by atoms with Crippen molar-refractivity contribution in [3.63, 3.8) is 0 Å². The molecule has 4 rings (SSSR count). The van der Waals surface area contributed by atoms with Gasteiger partial charge in [0.25, 0.3) is 5.56 Å². The number of nitrogens with zero attached hydrogens (tertiary/aromatic N) is 3. The van der Waals surface area contributed by atoms with E-state index in [0.717, 1.165) is 37.3 Å². The van der Waals surface area contributed by atoms with Crippen LogP contribution in [-0.2, 0) is 19.7 Å². The first-order chi connectivity index (χ1) is 15.9. The number of rotatable bonds is 7. The van der Waals surface area contributed by atoms with Crippen molar-refractivity contribution in [3.8, 4) is 5.88 Å². The third-order valence-corrected chi connectivity index (χ3v) is 6.55. The van der Waals surface area contributed by atoms with E-state index in [1.54, 1.807) is 11.5 Å². The van der Waals surface area contributed by atoms with Gasteiger partial charge in [0.15, 0.2) is 0 Å². The fourth-order valence-corrected chi connectivity index (χ4v) is 4.41. The normalized spacial score (nSPS) is 14.4. The Bertz CT molecular complexity index is 1180. The summed E-state index contributed by atoms with van der Waals surface area (Å²) in [7, 11) is 0. The molecule has 5 nitrogen and oxygen atoms in total. The van der Waals surface area contributed by atoms with Crippen LogP contribution in [0.2, 0.25) is 0 Å². The number of halogens is 3. The van der Waals surface area contributed by atoms with Crippen molar-refractivity contribution < 1.29 is 13.5 Å². The highest BCUT2D eigenvalue weighted by atomic mass is 79.9. The molecule has 1 aliphatic rings. The molecule has 174 valence electrons. The number of hydrogen-bond acceptors (Lipinski definition) is 4. The van der Waals surface area contributed by atoms with Gasteiger partial charge in [-0.15, -0.1) is 0 Å². The summed E-state index contributed by atoms with van der Waals surface area (Å²) in [5.74, 6) is -0.807. The Labute approximate surface area is 200 Å². The van der Waals surface area contributed by atoms with Crippen molar-refractivity contribution >= 4 is 15.9 Å². The standard InChI is InChI=1S/C25H26BrF2N3O2/c1-17-29-24(33-16-20-9-10-21(27)13-22(20)28)23(26)25(32)31(17)15-19-7-5-18(6-8-19)14-30-11-3-2-4-12-30/h5-10,13H,2-4,11-12,14-16H2,1H3. The lowest BCUT2D eigenvalue weighted by Gasteiger charge is -2.26.